The van der Waals surface area contributed by atoms with Gasteiger partial charge in [-0.25, -0.2) is 0 Å². The summed E-state index contributed by atoms with van der Waals surface area (Å²) >= 11 is 0. The maximum Gasteiger partial charge on any atom is 0.163 e. The molecule has 8 heteroatoms. The van der Waals surface area contributed by atoms with E-state index in [0.29, 0.717) is 44.3 Å². The summed E-state index contributed by atoms with van der Waals surface area (Å²) in [6.45, 7) is 6.93. The third kappa shape index (κ3) is 11.2. The second-order valence-corrected chi connectivity index (χ2v) is 11.4. The Kier molecular flexibility index (Phi) is 13.2. The average molecular weight is 607 g/mol. The molecule has 2 saturated heterocycles. The van der Waals surface area contributed by atoms with Gasteiger partial charge in [-0.05, 0) is 92.3 Å². The fraction of sp³-hybridized carbons (Fsp3) is 0.351. The van der Waals surface area contributed by atoms with Gasteiger partial charge in [0.05, 0.1) is 18.9 Å². The van der Waals surface area contributed by atoms with Crippen molar-refractivity contribution in [2.45, 2.75) is 58.4 Å². The third-order valence-electron chi connectivity index (χ3n) is 7.70. The van der Waals surface area contributed by atoms with Gasteiger partial charge >= 0.3 is 0 Å². The number of hydrogen-bond donors (Lipinski definition) is 0. The minimum Gasteiger partial charge on any atom is -0.376 e. The highest BCUT2D eigenvalue weighted by molar-refractivity contribution is 6.01. The molecule has 6 rings (SSSR count). The van der Waals surface area contributed by atoms with Crippen molar-refractivity contribution in [1.29, 1.82) is 0 Å². The number of Topliss-reactive ketones (excluding diaryl/α,β-unsaturated/α-hetero) is 3. The van der Waals surface area contributed by atoms with E-state index >= 15 is 0 Å². The minimum atomic E-state index is 0.181. The van der Waals surface area contributed by atoms with Crippen LogP contribution in [0.1, 0.15) is 69.2 Å². The first-order valence-corrected chi connectivity index (χ1v) is 15.6. The molecule has 3 fully saturated rings. The van der Waals surface area contributed by atoms with Gasteiger partial charge in [-0.15, -0.1) is 0 Å². The lowest BCUT2D eigenvalue weighted by atomic mass is 9.93. The van der Waals surface area contributed by atoms with Crippen LogP contribution in [-0.2, 0) is 19.1 Å². The van der Waals surface area contributed by atoms with E-state index in [4.69, 9.17) is 4.74 Å². The molecule has 45 heavy (non-hydrogen) atoms. The van der Waals surface area contributed by atoms with Crippen LogP contribution in [0.3, 0.4) is 0 Å². The lowest BCUT2D eigenvalue weighted by Gasteiger charge is -2.31. The van der Waals surface area contributed by atoms with Crippen molar-refractivity contribution in [3.63, 3.8) is 0 Å². The van der Waals surface area contributed by atoms with Gasteiger partial charge < -0.3 is 4.74 Å². The fourth-order valence-corrected chi connectivity index (χ4v) is 5.09. The molecule has 8 nitrogen and oxygen atoms in total. The van der Waals surface area contributed by atoms with Crippen LogP contribution in [-0.4, -0.2) is 69.5 Å². The maximum absolute atomic E-state index is 11.9. The standard InChI is InChI=1S/C14H18N2O.C12H13NO.C11H11NO2/c1-11(2)16-7-5-14(17)13(10-16)8-12-4-3-6-15-9-12;14-12-7-2-1-5-10(12)9-11-6-3-4-8-13-11;13-11-3-5-14-8-10(11)6-9-2-1-4-12-7-9/h3-4,6,8-9,11H,5,7,10H2,1-2H3;3-4,6,8-9H,1-2,5,7H2;1-2,4,6-7H,3,5,8H2/b13-8+;10-9+;10-6+. The van der Waals surface area contributed by atoms with Gasteiger partial charge in [-0.1, -0.05) is 18.2 Å². The van der Waals surface area contributed by atoms with Crippen molar-refractivity contribution >= 4 is 35.6 Å². The number of pyridine rings is 3. The Hall–Kier alpha value is -4.40. The van der Waals surface area contributed by atoms with Gasteiger partial charge in [0.1, 0.15) is 0 Å². The van der Waals surface area contributed by atoms with E-state index in [0.717, 1.165) is 65.9 Å². The van der Waals surface area contributed by atoms with Crippen molar-refractivity contribution in [2.75, 3.05) is 26.3 Å². The first-order valence-electron chi connectivity index (χ1n) is 15.6. The van der Waals surface area contributed by atoms with Crippen LogP contribution in [0.25, 0.3) is 18.2 Å². The number of piperidine rings is 1. The second kappa shape index (κ2) is 17.8. The van der Waals surface area contributed by atoms with Gasteiger partial charge in [-0.3, -0.25) is 34.2 Å². The van der Waals surface area contributed by atoms with Crippen molar-refractivity contribution in [3.05, 3.63) is 107 Å². The molecule has 1 saturated carbocycles. The highest BCUT2D eigenvalue weighted by atomic mass is 16.5. The van der Waals surface area contributed by atoms with Crippen LogP contribution in [0.2, 0.25) is 0 Å². The number of carbonyl (C=O) groups is 3. The van der Waals surface area contributed by atoms with Crippen LogP contribution in [0.5, 0.6) is 0 Å². The number of ether oxygens (including phenoxy) is 1. The van der Waals surface area contributed by atoms with Gasteiger partial charge in [0.2, 0.25) is 0 Å². The molecule has 3 aromatic heterocycles. The molecule has 5 heterocycles. The lowest BCUT2D eigenvalue weighted by Crippen LogP contribution is -2.40. The molecule has 234 valence electrons. The number of carbonyl (C=O) groups excluding carboxylic acids is 3. The summed E-state index contributed by atoms with van der Waals surface area (Å²) < 4.78 is 5.22. The van der Waals surface area contributed by atoms with Gasteiger partial charge in [0.25, 0.3) is 0 Å². The molecular weight excluding hydrogens is 564 g/mol. The van der Waals surface area contributed by atoms with E-state index in [1.807, 2.05) is 60.7 Å². The largest absolute Gasteiger partial charge is 0.376 e. The Morgan fingerprint density at radius 3 is 1.98 bits per heavy atom. The van der Waals surface area contributed by atoms with Gasteiger partial charge in [0, 0.05) is 80.5 Å². The summed E-state index contributed by atoms with van der Waals surface area (Å²) in [5, 5.41) is 0. The Morgan fingerprint density at radius 1 is 0.711 bits per heavy atom. The van der Waals surface area contributed by atoms with Crippen molar-refractivity contribution in [2.24, 2.45) is 0 Å². The summed E-state index contributed by atoms with van der Waals surface area (Å²) in [6, 6.07) is 13.9. The summed E-state index contributed by atoms with van der Waals surface area (Å²) in [5.41, 5.74) is 5.41. The Balaban J connectivity index is 0.000000155. The SMILES string of the molecule is CC(C)N1CCC(=O)/C(=C/c2cccnc2)C1.O=C1CCCC/C1=C\c1ccccn1.O=C1CCOC/C1=C\c1cccnc1. The van der Waals surface area contributed by atoms with E-state index in [1.54, 1.807) is 31.0 Å². The summed E-state index contributed by atoms with van der Waals surface area (Å²) in [7, 11) is 0. The monoisotopic (exact) mass is 606 g/mol. The molecule has 0 bridgehead atoms. The summed E-state index contributed by atoms with van der Waals surface area (Å²) in [5.74, 6) is 0.743. The van der Waals surface area contributed by atoms with Crippen LogP contribution >= 0.6 is 0 Å². The van der Waals surface area contributed by atoms with E-state index in [-0.39, 0.29) is 11.6 Å². The molecule has 0 aromatic carbocycles. The first kappa shape index (κ1) is 33.5. The maximum atomic E-state index is 11.9. The molecule has 1 aliphatic carbocycles. The predicted octanol–water partition coefficient (Wildman–Crippen LogP) is 6.21. The quantitative estimate of drug-likeness (QED) is 0.323. The lowest BCUT2D eigenvalue weighted by molar-refractivity contribution is -0.119. The number of ketones is 3. The molecule has 0 unspecified atom stereocenters. The van der Waals surface area contributed by atoms with E-state index in [9.17, 15) is 14.4 Å². The summed E-state index contributed by atoms with van der Waals surface area (Å²) in [4.78, 5) is 49.3. The average Bonchev–Trinajstić information content (AvgIpc) is 3.06. The highest BCUT2D eigenvalue weighted by Crippen LogP contribution is 2.21. The molecule has 0 spiro atoms. The van der Waals surface area contributed by atoms with E-state index < -0.39 is 0 Å². The highest BCUT2D eigenvalue weighted by Gasteiger charge is 2.22. The molecule has 3 aromatic rings. The Bertz CT molecular complexity index is 1430. The normalized spacial score (nSPS) is 20.1. The number of nitrogens with zero attached hydrogens (tertiary/aromatic N) is 4. The van der Waals surface area contributed by atoms with Crippen LogP contribution < -0.4 is 0 Å². The second-order valence-electron chi connectivity index (χ2n) is 11.4. The molecule has 2 aliphatic heterocycles. The summed E-state index contributed by atoms with van der Waals surface area (Å²) in [6.07, 6.45) is 19.3. The van der Waals surface area contributed by atoms with Crippen LogP contribution in [0.15, 0.2) is 90.2 Å². The predicted molar refractivity (Wildman–Crippen MR) is 177 cm³/mol. The zero-order valence-corrected chi connectivity index (χ0v) is 26.2. The van der Waals surface area contributed by atoms with Gasteiger partial charge in [0.15, 0.2) is 17.3 Å². The number of hydrogen-bond acceptors (Lipinski definition) is 8. The van der Waals surface area contributed by atoms with Gasteiger partial charge in [-0.2, -0.15) is 0 Å². The number of likely N-dealkylation sites (tertiary alicyclic amines) is 1. The van der Waals surface area contributed by atoms with Crippen molar-refractivity contribution in [1.82, 2.24) is 19.9 Å². The zero-order valence-electron chi connectivity index (χ0n) is 26.2. The van der Waals surface area contributed by atoms with E-state index in [1.165, 1.54) is 0 Å². The smallest absolute Gasteiger partial charge is 0.163 e. The molecule has 0 atom stereocenters. The zero-order chi connectivity index (χ0) is 31.9. The molecule has 3 aliphatic rings. The minimum absolute atomic E-state index is 0.181. The third-order valence-corrected chi connectivity index (χ3v) is 7.70. The molecular formula is C37H42N4O4. The Morgan fingerprint density at radius 2 is 1.38 bits per heavy atom. The topological polar surface area (TPSA) is 102 Å². The number of allylic oxidation sites excluding steroid dienone is 1. The molecule has 0 N–H and O–H groups in total. The van der Waals surface area contributed by atoms with Crippen molar-refractivity contribution in [3.8, 4) is 0 Å². The van der Waals surface area contributed by atoms with E-state index in [2.05, 4.69) is 33.7 Å². The fourth-order valence-electron chi connectivity index (χ4n) is 5.09. The molecule has 0 radical (unpaired) electrons. The first-order chi connectivity index (χ1) is 21.9. The number of aromatic nitrogens is 3. The van der Waals surface area contributed by atoms with Crippen molar-refractivity contribution < 1.29 is 19.1 Å². The number of rotatable bonds is 4. The van der Waals surface area contributed by atoms with Crippen LogP contribution in [0, 0.1) is 0 Å². The van der Waals surface area contributed by atoms with Crippen LogP contribution in [0.4, 0.5) is 0 Å². The Labute approximate surface area is 266 Å². The molecule has 0 amide bonds.